The van der Waals surface area contributed by atoms with Gasteiger partial charge in [0.25, 0.3) is 0 Å². The molecule has 0 unspecified atom stereocenters. The minimum absolute atomic E-state index is 0.0185. The maximum atomic E-state index is 12.8. The quantitative estimate of drug-likeness (QED) is 0.651. The van der Waals surface area contributed by atoms with E-state index in [4.69, 9.17) is 9.47 Å². The summed E-state index contributed by atoms with van der Waals surface area (Å²) >= 11 is 0. The molecule has 0 aliphatic carbocycles. The number of esters is 1. The lowest BCUT2D eigenvalue weighted by molar-refractivity contribution is -0.149. The highest BCUT2D eigenvalue weighted by molar-refractivity contribution is 5.78. The van der Waals surface area contributed by atoms with Gasteiger partial charge in [-0.05, 0) is 45.3 Å². The topological polar surface area (TPSA) is 71.1 Å². The standard InChI is InChI=1S/C23H35N3O4/c1-3-30-23(28)20-9-11-25(12-10-20)17-21(27)24-18(2)22(19-7-5-4-6-8-19)26-13-15-29-16-14-26/h4-8,18,20,22H,3,9-17H2,1-2H3,(H,24,27)/t18-,22+/m1/s1. The van der Waals surface area contributed by atoms with Crippen LogP contribution in [-0.4, -0.2) is 80.3 Å². The van der Waals surface area contributed by atoms with Gasteiger partial charge in [0.1, 0.15) is 0 Å². The van der Waals surface area contributed by atoms with Gasteiger partial charge in [-0.2, -0.15) is 0 Å². The van der Waals surface area contributed by atoms with Crippen LogP contribution < -0.4 is 5.32 Å². The summed E-state index contributed by atoms with van der Waals surface area (Å²) < 4.78 is 10.6. The van der Waals surface area contributed by atoms with E-state index < -0.39 is 0 Å². The van der Waals surface area contributed by atoms with E-state index in [0.29, 0.717) is 13.2 Å². The Bertz CT molecular complexity index is 670. The first kappa shape index (κ1) is 22.7. The van der Waals surface area contributed by atoms with Crippen LogP contribution in [0.3, 0.4) is 0 Å². The number of hydrogen-bond donors (Lipinski definition) is 1. The smallest absolute Gasteiger partial charge is 0.309 e. The van der Waals surface area contributed by atoms with Gasteiger partial charge in [-0.15, -0.1) is 0 Å². The zero-order chi connectivity index (χ0) is 21.3. The van der Waals surface area contributed by atoms with Crippen LogP contribution in [0.4, 0.5) is 0 Å². The SMILES string of the molecule is CCOC(=O)C1CCN(CC(=O)N[C@H](C)[C@@H](c2ccccc2)N2CCOCC2)CC1. The van der Waals surface area contributed by atoms with Crippen LogP contribution in [0.1, 0.15) is 38.3 Å². The maximum Gasteiger partial charge on any atom is 0.309 e. The van der Waals surface area contributed by atoms with Gasteiger partial charge in [0.15, 0.2) is 0 Å². The van der Waals surface area contributed by atoms with Gasteiger partial charge in [-0.1, -0.05) is 30.3 Å². The summed E-state index contributed by atoms with van der Waals surface area (Å²) in [5.74, 6) is -0.107. The highest BCUT2D eigenvalue weighted by Crippen LogP contribution is 2.25. The van der Waals surface area contributed by atoms with Gasteiger partial charge in [0.05, 0.1) is 38.3 Å². The second kappa shape index (κ2) is 11.4. The van der Waals surface area contributed by atoms with E-state index in [1.807, 2.05) is 25.1 Å². The molecule has 0 bridgehead atoms. The number of amides is 1. The van der Waals surface area contributed by atoms with Crippen LogP contribution in [0, 0.1) is 5.92 Å². The van der Waals surface area contributed by atoms with Crippen molar-refractivity contribution in [3.05, 3.63) is 35.9 Å². The molecule has 2 heterocycles. The van der Waals surface area contributed by atoms with Gasteiger partial charge in [-0.3, -0.25) is 19.4 Å². The van der Waals surface area contributed by atoms with E-state index in [-0.39, 0.29) is 29.9 Å². The van der Waals surface area contributed by atoms with E-state index in [1.165, 1.54) is 5.56 Å². The highest BCUT2D eigenvalue weighted by atomic mass is 16.5. The number of morpholine rings is 1. The maximum absolute atomic E-state index is 12.8. The van der Waals surface area contributed by atoms with Crippen LogP contribution in [0.5, 0.6) is 0 Å². The molecule has 166 valence electrons. The van der Waals surface area contributed by atoms with Crippen molar-refractivity contribution in [3.63, 3.8) is 0 Å². The molecule has 3 rings (SSSR count). The lowest BCUT2D eigenvalue weighted by Crippen LogP contribution is -2.50. The minimum atomic E-state index is -0.105. The Morgan fingerprint density at radius 1 is 1.13 bits per heavy atom. The van der Waals surface area contributed by atoms with Crippen LogP contribution in [0.2, 0.25) is 0 Å². The Labute approximate surface area is 179 Å². The molecule has 0 saturated carbocycles. The summed E-state index contributed by atoms with van der Waals surface area (Å²) in [5, 5.41) is 3.22. The van der Waals surface area contributed by atoms with Crippen molar-refractivity contribution in [1.29, 1.82) is 0 Å². The molecule has 7 nitrogen and oxygen atoms in total. The van der Waals surface area contributed by atoms with Crippen molar-refractivity contribution >= 4 is 11.9 Å². The molecule has 2 atom stereocenters. The predicted molar refractivity (Wildman–Crippen MR) is 115 cm³/mol. The Morgan fingerprint density at radius 3 is 2.43 bits per heavy atom. The number of carbonyl (C=O) groups is 2. The lowest BCUT2D eigenvalue weighted by Gasteiger charge is -2.38. The van der Waals surface area contributed by atoms with Crippen LogP contribution in [0.25, 0.3) is 0 Å². The molecule has 0 radical (unpaired) electrons. The fourth-order valence-electron chi connectivity index (χ4n) is 4.49. The number of hydrogen-bond acceptors (Lipinski definition) is 6. The third kappa shape index (κ3) is 6.27. The molecule has 1 aromatic rings. The fraction of sp³-hybridized carbons (Fsp3) is 0.652. The fourth-order valence-corrected chi connectivity index (χ4v) is 4.49. The Balaban J connectivity index is 1.53. The minimum Gasteiger partial charge on any atom is -0.466 e. The average Bonchev–Trinajstić information content (AvgIpc) is 2.76. The van der Waals surface area contributed by atoms with E-state index >= 15 is 0 Å². The molecule has 0 aromatic heterocycles. The van der Waals surface area contributed by atoms with Gasteiger partial charge in [0, 0.05) is 19.1 Å². The van der Waals surface area contributed by atoms with E-state index in [1.54, 1.807) is 0 Å². The first-order valence-corrected chi connectivity index (χ1v) is 11.1. The molecular formula is C23H35N3O4. The van der Waals surface area contributed by atoms with E-state index in [0.717, 1.165) is 52.2 Å². The molecule has 1 N–H and O–H groups in total. The number of nitrogens with zero attached hydrogens (tertiary/aromatic N) is 2. The first-order chi connectivity index (χ1) is 14.6. The second-order valence-corrected chi connectivity index (χ2v) is 8.16. The summed E-state index contributed by atoms with van der Waals surface area (Å²) in [5.41, 5.74) is 1.21. The van der Waals surface area contributed by atoms with E-state index in [2.05, 4.69) is 34.2 Å². The Kier molecular flexibility index (Phi) is 8.66. The molecule has 2 aliphatic heterocycles. The van der Waals surface area contributed by atoms with Crippen molar-refractivity contribution in [3.8, 4) is 0 Å². The van der Waals surface area contributed by atoms with Crippen molar-refractivity contribution in [1.82, 2.24) is 15.1 Å². The summed E-state index contributed by atoms with van der Waals surface area (Å²) in [4.78, 5) is 29.2. The van der Waals surface area contributed by atoms with Crippen molar-refractivity contribution in [2.75, 3.05) is 52.5 Å². The molecule has 30 heavy (non-hydrogen) atoms. The Morgan fingerprint density at radius 2 is 1.80 bits per heavy atom. The molecule has 0 spiro atoms. The third-order valence-electron chi connectivity index (χ3n) is 6.02. The van der Waals surface area contributed by atoms with Gasteiger partial charge >= 0.3 is 5.97 Å². The summed E-state index contributed by atoms with van der Waals surface area (Å²) in [6.07, 6.45) is 1.50. The number of benzene rings is 1. The Hall–Kier alpha value is -1.96. The van der Waals surface area contributed by atoms with Crippen molar-refractivity contribution in [2.45, 2.75) is 38.8 Å². The third-order valence-corrected chi connectivity index (χ3v) is 6.02. The first-order valence-electron chi connectivity index (χ1n) is 11.1. The molecular weight excluding hydrogens is 382 g/mol. The number of nitrogens with one attached hydrogen (secondary N) is 1. The van der Waals surface area contributed by atoms with Crippen molar-refractivity contribution < 1.29 is 19.1 Å². The van der Waals surface area contributed by atoms with Crippen LogP contribution >= 0.6 is 0 Å². The van der Waals surface area contributed by atoms with Gasteiger partial charge in [-0.25, -0.2) is 0 Å². The largest absolute Gasteiger partial charge is 0.466 e. The number of likely N-dealkylation sites (tertiary alicyclic amines) is 1. The molecule has 1 amide bonds. The number of piperidine rings is 1. The normalized spacial score (nSPS) is 21.0. The zero-order valence-corrected chi connectivity index (χ0v) is 18.2. The average molecular weight is 418 g/mol. The summed E-state index contributed by atoms with van der Waals surface area (Å²) in [6, 6.07) is 10.5. The molecule has 2 saturated heterocycles. The predicted octanol–water partition coefficient (Wildman–Crippen LogP) is 1.84. The number of carbonyl (C=O) groups excluding carboxylic acids is 2. The lowest BCUT2D eigenvalue weighted by atomic mass is 9.96. The van der Waals surface area contributed by atoms with E-state index in [9.17, 15) is 9.59 Å². The molecule has 2 aliphatic rings. The summed E-state index contributed by atoms with van der Waals surface area (Å²) in [7, 11) is 0. The number of rotatable bonds is 8. The van der Waals surface area contributed by atoms with Crippen LogP contribution in [-0.2, 0) is 19.1 Å². The molecule has 1 aromatic carbocycles. The zero-order valence-electron chi connectivity index (χ0n) is 18.2. The van der Waals surface area contributed by atoms with Gasteiger partial charge < -0.3 is 14.8 Å². The number of ether oxygens (including phenoxy) is 2. The molecule has 2 fully saturated rings. The molecule has 7 heteroatoms. The van der Waals surface area contributed by atoms with Gasteiger partial charge in [0.2, 0.25) is 5.91 Å². The highest BCUT2D eigenvalue weighted by Gasteiger charge is 2.30. The van der Waals surface area contributed by atoms with Crippen molar-refractivity contribution in [2.24, 2.45) is 5.92 Å². The second-order valence-electron chi connectivity index (χ2n) is 8.16. The van der Waals surface area contributed by atoms with Crippen LogP contribution in [0.15, 0.2) is 30.3 Å². The summed E-state index contributed by atoms with van der Waals surface area (Å²) in [6.45, 7) is 9.36. The monoisotopic (exact) mass is 417 g/mol.